The Morgan fingerprint density at radius 3 is 2.50 bits per heavy atom. The maximum absolute atomic E-state index is 11.8. The van der Waals surface area contributed by atoms with E-state index >= 15 is 0 Å². The van der Waals surface area contributed by atoms with E-state index in [1.54, 1.807) is 25.4 Å². The van der Waals surface area contributed by atoms with Crippen molar-refractivity contribution < 1.29 is 13.2 Å². The molecule has 2 aromatic rings. The second-order valence-electron chi connectivity index (χ2n) is 4.17. The minimum atomic E-state index is -3.72. The van der Waals surface area contributed by atoms with E-state index in [1.807, 2.05) is 0 Å². The monoisotopic (exact) mass is 313 g/mol. The van der Waals surface area contributed by atoms with Crippen LogP contribution in [0.2, 0.25) is 0 Å². The number of nitrogens with one attached hydrogen (secondary N) is 1. The standard InChI is InChI=1S/C12H12ClN3O3S/c1-16-8-10(7-15-16)12(17)14-6-9-2-4-11(5-3-9)20(13,18)19/h2-5,7-8H,6H2,1H3,(H,14,17). The summed E-state index contributed by atoms with van der Waals surface area (Å²) in [4.78, 5) is 11.8. The quantitative estimate of drug-likeness (QED) is 0.862. The first-order valence-corrected chi connectivity index (χ1v) is 7.97. The highest BCUT2D eigenvalue weighted by Crippen LogP contribution is 2.15. The van der Waals surface area contributed by atoms with Crippen LogP contribution in [0.1, 0.15) is 15.9 Å². The number of carbonyl (C=O) groups excluding carboxylic acids is 1. The van der Waals surface area contributed by atoms with E-state index in [9.17, 15) is 13.2 Å². The molecular weight excluding hydrogens is 302 g/mol. The average Bonchev–Trinajstić information content (AvgIpc) is 2.82. The first-order chi connectivity index (χ1) is 9.36. The molecule has 0 atom stereocenters. The fraction of sp³-hybridized carbons (Fsp3) is 0.167. The van der Waals surface area contributed by atoms with Gasteiger partial charge in [0.05, 0.1) is 16.7 Å². The minimum Gasteiger partial charge on any atom is -0.348 e. The summed E-state index contributed by atoms with van der Waals surface area (Å²) in [5, 5.41) is 6.62. The van der Waals surface area contributed by atoms with E-state index in [0.717, 1.165) is 5.56 Å². The predicted octanol–water partition coefficient (Wildman–Crippen LogP) is 1.28. The molecule has 2 rings (SSSR count). The molecule has 1 amide bonds. The molecule has 0 aliphatic carbocycles. The normalized spacial score (nSPS) is 11.3. The van der Waals surface area contributed by atoms with Crippen LogP contribution in [0.4, 0.5) is 0 Å². The van der Waals surface area contributed by atoms with Crippen LogP contribution in [0, 0.1) is 0 Å². The first kappa shape index (κ1) is 14.5. The van der Waals surface area contributed by atoms with Gasteiger partial charge in [0.15, 0.2) is 0 Å². The lowest BCUT2D eigenvalue weighted by Gasteiger charge is -2.04. The molecule has 1 N–H and O–H groups in total. The van der Waals surface area contributed by atoms with Crippen molar-refractivity contribution in [1.82, 2.24) is 15.1 Å². The third-order valence-electron chi connectivity index (χ3n) is 2.63. The summed E-state index contributed by atoms with van der Waals surface area (Å²) < 4.78 is 23.7. The zero-order valence-electron chi connectivity index (χ0n) is 10.6. The van der Waals surface area contributed by atoms with Crippen LogP contribution in [0.25, 0.3) is 0 Å². The maximum atomic E-state index is 11.8. The second kappa shape index (κ2) is 5.64. The summed E-state index contributed by atoms with van der Waals surface area (Å²) >= 11 is 0. The van der Waals surface area contributed by atoms with E-state index in [4.69, 9.17) is 10.7 Å². The Hall–Kier alpha value is -1.86. The Balaban J connectivity index is 1.99. The van der Waals surface area contributed by atoms with Gasteiger partial charge in [-0.25, -0.2) is 8.42 Å². The van der Waals surface area contributed by atoms with E-state index in [1.165, 1.54) is 23.0 Å². The summed E-state index contributed by atoms with van der Waals surface area (Å²) in [6, 6.07) is 5.99. The number of aromatic nitrogens is 2. The predicted molar refractivity (Wildman–Crippen MR) is 73.9 cm³/mol. The molecule has 1 aromatic carbocycles. The van der Waals surface area contributed by atoms with E-state index in [2.05, 4.69) is 10.4 Å². The number of halogens is 1. The van der Waals surface area contributed by atoms with Crippen LogP contribution in [0.5, 0.6) is 0 Å². The van der Waals surface area contributed by atoms with Gasteiger partial charge in [0.1, 0.15) is 0 Å². The molecule has 1 aromatic heterocycles. The number of carbonyl (C=O) groups is 1. The molecule has 6 nitrogen and oxygen atoms in total. The van der Waals surface area contributed by atoms with Gasteiger partial charge in [0.2, 0.25) is 0 Å². The van der Waals surface area contributed by atoms with E-state index in [-0.39, 0.29) is 17.3 Å². The van der Waals surface area contributed by atoms with Gasteiger partial charge in [-0.1, -0.05) is 12.1 Å². The highest BCUT2D eigenvalue weighted by atomic mass is 35.7. The lowest BCUT2D eigenvalue weighted by atomic mass is 10.2. The highest BCUT2D eigenvalue weighted by molar-refractivity contribution is 8.13. The van der Waals surface area contributed by atoms with Gasteiger partial charge in [0, 0.05) is 30.5 Å². The summed E-state index contributed by atoms with van der Waals surface area (Å²) in [6.45, 7) is 0.288. The number of aryl methyl sites for hydroxylation is 1. The van der Waals surface area contributed by atoms with E-state index < -0.39 is 9.05 Å². The molecule has 1 heterocycles. The molecule has 0 unspecified atom stereocenters. The van der Waals surface area contributed by atoms with Gasteiger partial charge in [-0.05, 0) is 17.7 Å². The fourth-order valence-corrected chi connectivity index (χ4v) is 2.36. The third-order valence-corrected chi connectivity index (χ3v) is 3.99. The van der Waals surface area contributed by atoms with Gasteiger partial charge in [-0.15, -0.1) is 0 Å². The Labute approximate surface area is 120 Å². The van der Waals surface area contributed by atoms with Crippen LogP contribution >= 0.6 is 10.7 Å². The third kappa shape index (κ3) is 3.58. The molecule has 0 fully saturated rings. The molecule has 0 aliphatic heterocycles. The van der Waals surface area contributed by atoms with Crippen LogP contribution in [-0.4, -0.2) is 24.1 Å². The summed E-state index contributed by atoms with van der Waals surface area (Å²) in [5.74, 6) is -0.243. The van der Waals surface area contributed by atoms with Crippen molar-refractivity contribution in [1.29, 1.82) is 0 Å². The maximum Gasteiger partial charge on any atom is 0.261 e. The van der Waals surface area contributed by atoms with Crippen molar-refractivity contribution in [3.05, 3.63) is 47.8 Å². The minimum absolute atomic E-state index is 0.0292. The lowest BCUT2D eigenvalue weighted by molar-refractivity contribution is 0.0951. The van der Waals surface area contributed by atoms with Crippen molar-refractivity contribution in [3.8, 4) is 0 Å². The number of hydrogen-bond acceptors (Lipinski definition) is 4. The summed E-state index contributed by atoms with van der Waals surface area (Å²) in [5.41, 5.74) is 1.23. The molecule has 0 saturated carbocycles. The molecule has 106 valence electrons. The molecule has 0 aliphatic rings. The molecule has 8 heteroatoms. The molecule has 0 spiro atoms. The highest BCUT2D eigenvalue weighted by Gasteiger charge is 2.10. The Bertz CT molecular complexity index is 723. The number of hydrogen-bond donors (Lipinski definition) is 1. The largest absolute Gasteiger partial charge is 0.348 e. The van der Waals surface area contributed by atoms with Crippen molar-refractivity contribution >= 4 is 25.6 Å². The summed E-state index contributed by atoms with van der Waals surface area (Å²) in [7, 11) is 3.22. The zero-order valence-corrected chi connectivity index (χ0v) is 12.1. The van der Waals surface area contributed by atoms with Crippen LogP contribution in [-0.2, 0) is 22.6 Å². The van der Waals surface area contributed by atoms with Gasteiger partial charge >= 0.3 is 0 Å². The summed E-state index contributed by atoms with van der Waals surface area (Å²) in [6.07, 6.45) is 3.08. The van der Waals surface area contributed by atoms with Gasteiger partial charge in [-0.2, -0.15) is 5.10 Å². The topological polar surface area (TPSA) is 81.1 Å². The Kier molecular flexibility index (Phi) is 4.10. The van der Waals surface area contributed by atoms with Crippen LogP contribution in [0.15, 0.2) is 41.6 Å². The molecule has 20 heavy (non-hydrogen) atoms. The van der Waals surface area contributed by atoms with Gasteiger partial charge < -0.3 is 5.32 Å². The van der Waals surface area contributed by atoms with Crippen molar-refractivity contribution in [2.24, 2.45) is 7.05 Å². The van der Waals surface area contributed by atoms with Crippen molar-refractivity contribution in [2.45, 2.75) is 11.4 Å². The number of amides is 1. The number of benzene rings is 1. The van der Waals surface area contributed by atoms with Crippen molar-refractivity contribution in [3.63, 3.8) is 0 Å². The second-order valence-corrected chi connectivity index (χ2v) is 6.73. The molecule has 0 bridgehead atoms. The number of nitrogens with zero attached hydrogens (tertiary/aromatic N) is 2. The van der Waals surface area contributed by atoms with E-state index in [0.29, 0.717) is 5.56 Å². The fourth-order valence-electron chi connectivity index (χ4n) is 1.59. The Morgan fingerprint density at radius 2 is 2.00 bits per heavy atom. The molecule has 0 radical (unpaired) electrons. The zero-order chi connectivity index (χ0) is 14.8. The number of rotatable bonds is 4. The van der Waals surface area contributed by atoms with Gasteiger partial charge in [-0.3, -0.25) is 9.48 Å². The van der Waals surface area contributed by atoms with Crippen LogP contribution < -0.4 is 5.32 Å². The molecule has 0 saturated heterocycles. The Morgan fingerprint density at radius 1 is 1.35 bits per heavy atom. The lowest BCUT2D eigenvalue weighted by Crippen LogP contribution is -2.22. The smallest absolute Gasteiger partial charge is 0.261 e. The van der Waals surface area contributed by atoms with Crippen LogP contribution in [0.3, 0.4) is 0 Å². The molecular formula is C12H12ClN3O3S. The SMILES string of the molecule is Cn1cc(C(=O)NCc2ccc(S(=O)(=O)Cl)cc2)cn1. The first-order valence-electron chi connectivity index (χ1n) is 5.67. The average molecular weight is 314 g/mol. The van der Waals surface area contributed by atoms with Gasteiger partial charge in [0.25, 0.3) is 15.0 Å². The van der Waals surface area contributed by atoms with Crippen molar-refractivity contribution in [2.75, 3.05) is 0 Å².